The molecule has 3 unspecified atom stereocenters. The Morgan fingerprint density at radius 3 is 1.25 bits per heavy atom. The number of aliphatic hydroxyl groups excluding tert-OH is 2. The molecular weight excluding hydrogens is 755 g/mol. The minimum atomic E-state index is -0.789. The van der Waals surface area contributed by atoms with Crippen LogP contribution in [0.5, 0.6) is 0 Å². The Morgan fingerprint density at radius 1 is 0.459 bits per heavy atom. The maximum atomic E-state index is 13.2. The van der Waals surface area contributed by atoms with Crippen LogP contribution in [-0.4, -0.2) is 46.9 Å². The summed E-state index contributed by atoms with van der Waals surface area (Å²) < 4.78 is 5.91. The Morgan fingerprint density at radius 2 is 0.820 bits per heavy atom. The second-order valence-corrected chi connectivity index (χ2v) is 18.6. The van der Waals surface area contributed by atoms with Crippen LogP contribution in [0.1, 0.15) is 290 Å². The predicted molar refractivity (Wildman–Crippen MR) is 264 cm³/mol. The first kappa shape index (κ1) is 59.3. The zero-order valence-corrected chi connectivity index (χ0v) is 41.1. The molecule has 0 aromatic rings. The average molecular weight is 860 g/mol. The fraction of sp³-hybridized carbons (Fsp3) is 0.891. The predicted octanol–water partition coefficient (Wildman–Crippen LogP) is 16.3. The van der Waals surface area contributed by atoms with E-state index < -0.39 is 18.2 Å². The smallest absolute Gasteiger partial charge is 0.306 e. The van der Waals surface area contributed by atoms with Crippen molar-refractivity contribution in [2.24, 2.45) is 0 Å². The molecule has 0 heterocycles. The van der Waals surface area contributed by atoms with Crippen LogP contribution >= 0.6 is 0 Å². The Labute approximate surface area is 380 Å². The highest BCUT2D eigenvalue weighted by Gasteiger charge is 2.24. The molecule has 6 heteroatoms. The van der Waals surface area contributed by atoms with Gasteiger partial charge in [-0.1, -0.05) is 231 Å². The molecule has 0 aliphatic rings. The Balaban J connectivity index is 4.35. The summed E-state index contributed by atoms with van der Waals surface area (Å²) in [7, 11) is 0. The molecule has 0 fully saturated rings. The van der Waals surface area contributed by atoms with Gasteiger partial charge in [0.2, 0.25) is 5.91 Å². The van der Waals surface area contributed by atoms with Gasteiger partial charge >= 0.3 is 5.97 Å². The first-order valence-corrected chi connectivity index (χ1v) is 27.1. The summed E-state index contributed by atoms with van der Waals surface area (Å²) in [4.78, 5) is 26.1. The zero-order chi connectivity index (χ0) is 44.5. The molecule has 0 aromatic carbocycles. The number of ether oxygens (including phenoxy) is 1. The molecule has 0 rings (SSSR count). The highest BCUT2D eigenvalue weighted by molar-refractivity contribution is 5.77. The largest absolute Gasteiger partial charge is 0.462 e. The monoisotopic (exact) mass is 860 g/mol. The first-order valence-electron chi connectivity index (χ1n) is 27.1. The van der Waals surface area contributed by atoms with Crippen LogP contribution in [-0.2, 0) is 14.3 Å². The molecule has 0 aliphatic carbocycles. The number of carbonyl (C=O) groups excluding carboxylic acids is 2. The van der Waals surface area contributed by atoms with Crippen molar-refractivity contribution in [2.75, 3.05) is 6.61 Å². The Bertz CT molecular complexity index is 966. The van der Waals surface area contributed by atoms with Crippen LogP contribution < -0.4 is 5.32 Å². The Kier molecular flexibility index (Phi) is 48.0. The van der Waals surface area contributed by atoms with E-state index in [-0.39, 0.29) is 24.9 Å². The molecule has 1 amide bonds. The lowest BCUT2D eigenvalue weighted by atomic mass is 10.0. The molecule has 3 atom stereocenters. The molecule has 0 aromatic heterocycles. The third-order valence-electron chi connectivity index (χ3n) is 12.5. The summed E-state index contributed by atoms with van der Waals surface area (Å²) in [6.07, 6.45) is 56.9. The lowest BCUT2D eigenvalue weighted by Crippen LogP contribution is -2.46. The fourth-order valence-electron chi connectivity index (χ4n) is 8.37. The van der Waals surface area contributed by atoms with Crippen molar-refractivity contribution >= 4 is 11.9 Å². The first-order chi connectivity index (χ1) is 30.0. The van der Waals surface area contributed by atoms with Crippen molar-refractivity contribution in [3.8, 4) is 0 Å². The molecule has 0 saturated carbocycles. The van der Waals surface area contributed by atoms with Crippen LogP contribution in [0.25, 0.3) is 0 Å². The molecular formula is C55H105NO5. The number of allylic oxidation sites excluding steroid dienone is 4. The van der Waals surface area contributed by atoms with E-state index in [1.54, 1.807) is 0 Å². The SMILES string of the molecule is CCC/C=C\CCCCCC(CC(=O)NC(CO)C(O)CCCCCCCCCCCCCCCCCC)OC(=O)CCCCCCC/C=C/CCCCCCCCCCC. The maximum Gasteiger partial charge on any atom is 0.306 e. The third-order valence-corrected chi connectivity index (χ3v) is 12.5. The van der Waals surface area contributed by atoms with E-state index in [0.717, 1.165) is 77.0 Å². The van der Waals surface area contributed by atoms with Crippen molar-refractivity contribution in [1.29, 1.82) is 0 Å². The second kappa shape index (κ2) is 49.4. The lowest BCUT2D eigenvalue weighted by Gasteiger charge is -2.24. The number of amides is 1. The van der Waals surface area contributed by atoms with E-state index in [9.17, 15) is 19.8 Å². The van der Waals surface area contributed by atoms with Gasteiger partial charge in [0.05, 0.1) is 25.2 Å². The zero-order valence-electron chi connectivity index (χ0n) is 41.1. The van der Waals surface area contributed by atoms with Gasteiger partial charge in [-0.15, -0.1) is 0 Å². The van der Waals surface area contributed by atoms with Crippen LogP contribution in [0.15, 0.2) is 24.3 Å². The number of hydrogen-bond donors (Lipinski definition) is 3. The molecule has 3 N–H and O–H groups in total. The van der Waals surface area contributed by atoms with Gasteiger partial charge in [-0.25, -0.2) is 0 Å². The van der Waals surface area contributed by atoms with Gasteiger partial charge in [0.15, 0.2) is 0 Å². The summed E-state index contributed by atoms with van der Waals surface area (Å²) >= 11 is 0. The maximum absolute atomic E-state index is 13.2. The average Bonchev–Trinajstić information content (AvgIpc) is 3.25. The quantitative estimate of drug-likeness (QED) is 0.0322. The summed E-state index contributed by atoms with van der Waals surface area (Å²) in [5.41, 5.74) is 0. The number of carbonyl (C=O) groups is 2. The molecule has 0 saturated heterocycles. The number of unbranched alkanes of at least 4 members (excludes halogenated alkanes) is 33. The molecule has 6 nitrogen and oxygen atoms in total. The van der Waals surface area contributed by atoms with Gasteiger partial charge in [-0.3, -0.25) is 9.59 Å². The summed E-state index contributed by atoms with van der Waals surface area (Å²) in [6, 6.07) is -0.703. The van der Waals surface area contributed by atoms with Crippen LogP contribution in [0.2, 0.25) is 0 Å². The van der Waals surface area contributed by atoms with Gasteiger partial charge in [0.25, 0.3) is 0 Å². The normalized spacial score (nSPS) is 13.3. The molecule has 360 valence electrons. The fourth-order valence-corrected chi connectivity index (χ4v) is 8.37. The van der Waals surface area contributed by atoms with Crippen molar-refractivity contribution < 1.29 is 24.5 Å². The van der Waals surface area contributed by atoms with Crippen molar-refractivity contribution in [3.63, 3.8) is 0 Å². The molecule has 0 bridgehead atoms. The van der Waals surface area contributed by atoms with Gasteiger partial charge in [-0.2, -0.15) is 0 Å². The van der Waals surface area contributed by atoms with Gasteiger partial charge in [0.1, 0.15) is 6.10 Å². The summed E-state index contributed by atoms with van der Waals surface area (Å²) in [6.45, 7) is 6.43. The molecule has 0 spiro atoms. The number of nitrogens with one attached hydrogen (secondary N) is 1. The number of esters is 1. The molecule has 0 aliphatic heterocycles. The van der Waals surface area contributed by atoms with E-state index in [1.165, 1.54) is 167 Å². The van der Waals surface area contributed by atoms with Crippen LogP contribution in [0, 0.1) is 0 Å². The highest BCUT2D eigenvalue weighted by Crippen LogP contribution is 2.18. The molecule has 61 heavy (non-hydrogen) atoms. The second-order valence-electron chi connectivity index (χ2n) is 18.6. The van der Waals surface area contributed by atoms with Crippen LogP contribution in [0.3, 0.4) is 0 Å². The third kappa shape index (κ3) is 44.7. The topological polar surface area (TPSA) is 95.9 Å². The standard InChI is InChI=1S/C55H105NO5/c1-4-7-10-13-16-19-21-23-25-27-28-30-32-34-36-39-42-45-48-55(60)61-51(46-43-40-37-18-15-12-9-6-3)49-54(59)56-52(50-57)53(58)47-44-41-38-35-33-31-29-26-24-22-20-17-14-11-8-5-2/h12,15,28,30,51-53,57-58H,4-11,13-14,16-27,29,31-50H2,1-3H3,(H,56,59)/b15-12-,30-28+. The lowest BCUT2D eigenvalue weighted by molar-refractivity contribution is -0.151. The van der Waals surface area contributed by atoms with Gasteiger partial charge in [0, 0.05) is 6.42 Å². The van der Waals surface area contributed by atoms with Crippen LogP contribution in [0.4, 0.5) is 0 Å². The minimum Gasteiger partial charge on any atom is -0.462 e. The number of aliphatic hydroxyl groups is 2. The highest BCUT2D eigenvalue weighted by atomic mass is 16.5. The number of rotatable bonds is 49. The van der Waals surface area contributed by atoms with E-state index in [1.807, 2.05) is 0 Å². The van der Waals surface area contributed by atoms with E-state index in [2.05, 4.69) is 50.4 Å². The Hall–Kier alpha value is -1.66. The van der Waals surface area contributed by atoms with Gasteiger partial charge in [-0.05, 0) is 70.6 Å². The summed E-state index contributed by atoms with van der Waals surface area (Å²) in [5, 5.41) is 23.8. The molecule has 0 radical (unpaired) electrons. The summed E-state index contributed by atoms with van der Waals surface area (Å²) in [5.74, 6) is -0.491. The number of hydrogen-bond acceptors (Lipinski definition) is 5. The minimum absolute atomic E-state index is 0.0665. The van der Waals surface area contributed by atoms with E-state index >= 15 is 0 Å². The van der Waals surface area contributed by atoms with E-state index in [4.69, 9.17) is 4.74 Å². The van der Waals surface area contributed by atoms with Crippen molar-refractivity contribution in [3.05, 3.63) is 24.3 Å². The van der Waals surface area contributed by atoms with Crippen molar-refractivity contribution in [1.82, 2.24) is 5.32 Å². The van der Waals surface area contributed by atoms with Crippen molar-refractivity contribution in [2.45, 2.75) is 309 Å². The van der Waals surface area contributed by atoms with Gasteiger partial charge < -0.3 is 20.3 Å². The van der Waals surface area contributed by atoms with E-state index in [0.29, 0.717) is 19.3 Å².